The Morgan fingerprint density at radius 3 is 3.06 bits per heavy atom. The molecule has 0 bridgehead atoms. The molecule has 2 atom stereocenters. The molecule has 1 saturated carbocycles. The van der Waals surface area contributed by atoms with Crippen LogP contribution in [0.15, 0.2) is 4.79 Å². The van der Waals surface area contributed by atoms with Crippen LogP contribution in [-0.2, 0) is 0 Å². The third-order valence-corrected chi connectivity index (χ3v) is 3.47. The third-order valence-electron chi connectivity index (χ3n) is 3.47. The number of nitrogens with two attached hydrogens (primary N) is 1. The molecule has 1 aliphatic rings. The van der Waals surface area contributed by atoms with E-state index in [1.807, 2.05) is 0 Å². The van der Waals surface area contributed by atoms with E-state index < -0.39 is 0 Å². The summed E-state index contributed by atoms with van der Waals surface area (Å²) in [6.45, 7) is 0.180. The van der Waals surface area contributed by atoms with Gasteiger partial charge in [-0.15, -0.1) is 5.10 Å². The Kier molecular flexibility index (Phi) is 2.51. The number of hydrogen-bond donors (Lipinski definition) is 3. The van der Waals surface area contributed by atoms with E-state index in [0.717, 1.165) is 19.3 Å². The summed E-state index contributed by atoms with van der Waals surface area (Å²) in [6, 6.07) is 0.126. The van der Waals surface area contributed by atoms with E-state index >= 15 is 0 Å². The predicted octanol–water partition coefficient (Wildman–Crippen LogP) is -0.570. The number of aromatic amines is 1. The summed E-state index contributed by atoms with van der Waals surface area (Å²) in [5.41, 5.74) is 5.78. The second-order valence-corrected chi connectivity index (χ2v) is 4.67. The highest BCUT2D eigenvalue weighted by Crippen LogP contribution is 2.34. The fourth-order valence-electron chi connectivity index (χ4n) is 2.54. The average Bonchev–Trinajstić information content (AvgIpc) is 2.93. The van der Waals surface area contributed by atoms with E-state index in [0.29, 0.717) is 5.65 Å². The molecule has 0 aromatic carbocycles. The number of anilines is 1. The Bertz CT molecular complexity index is 633. The largest absolute Gasteiger partial charge is 0.396 e. The molecule has 8 nitrogen and oxygen atoms in total. The van der Waals surface area contributed by atoms with Crippen molar-refractivity contribution in [3.63, 3.8) is 0 Å². The number of hydrogen-bond acceptors (Lipinski definition) is 6. The lowest BCUT2D eigenvalue weighted by atomic mass is 10.1. The summed E-state index contributed by atoms with van der Waals surface area (Å²) >= 11 is 0. The average molecular weight is 250 g/mol. The number of fused-ring (bicyclic) bond motifs is 1. The Morgan fingerprint density at radius 1 is 1.50 bits per heavy atom. The van der Waals surface area contributed by atoms with Gasteiger partial charge >= 0.3 is 0 Å². The van der Waals surface area contributed by atoms with Crippen molar-refractivity contribution in [2.75, 3.05) is 12.3 Å². The SMILES string of the molecule is Nc1nc2c(nnn2[C@@H]2CC[C@H](CO)C2)c(=O)[nH]1. The van der Waals surface area contributed by atoms with Crippen molar-refractivity contribution < 1.29 is 5.11 Å². The molecule has 0 radical (unpaired) electrons. The van der Waals surface area contributed by atoms with Gasteiger partial charge in [-0.2, -0.15) is 4.98 Å². The highest BCUT2D eigenvalue weighted by Gasteiger charge is 2.28. The zero-order valence-electron chi connectivity index (χ0n) is 9.70. The molecule has 0 spiro atoms. The van der Waals surface area contributed by atoms with Crippen molar-refractivity contribution >= 4 is 17.1 Å². The Labute approximate surface area is 102 Å². The van der Waals surface area contributed by atoms with Crippen molar-refractivity contribution in [3.8, 4) is 0 Å². The number of nitrogen functional groups attached to an aromatic ring is 1. The molecule has 8 heteroatoms. The molecule has 4 N–H and O–H groups in total. The van der Waals surface area contributed by atoms with Gasteiger partial charge in [-0.25, -0.2) is 4.68 Å². The van der Waals surface area contributed by atoms with Crippen LogP contribution in [0.5, 0.6) is 0 Å². The van der Waals surface area contributed by atoms with Gasteiger partial charge < -0.3 is 10.8 Å². The van der Waals surface area contributed by atoms with Gasteiger partial charge in [0.25, 0.3) is 5.56 Å². The maximum atomic E-state index is 11.6. The van der Waals surface area contributed by atoms with Crippen LogP contribution in [-0.4, -0.2) is 36.7 Å². The molecule has 1 fully saturated rings. The van der Waals surface area contributed by atoms with Gasteiger partial charge in [0.05, 0.1) is 6.04 Å². The number of aliphatic hydroxyl groups excluding tert-OH is 1. The summed E-state index contributed by atoms with van der Waals surface area (Å²) in [7, 11) is 0. The molecule has 0 unspecified atom stereocenters. The fraction of sp³-hybridized carbons (Fsp3) is 0.600. The summed E-state index contributed by atoms with van der Waals surface area (Å²) in [5.74, 6) is 0.348. The third kappa shape index (κ3) is 1.65. The van der Waals surface area contributed by atoms with Gasteiger partial charge in [0, 0.05) is 6.61 Å². The monoisotopic (exact) mass is 250 g/mol. The molecule has 96 valence electrons. The number of rotatable bonds is 2. The van der Waals surface area contributed by atoms with Crippen molar-refractivity contribution in [2.24, 2.45) is 5.92 Å². The second kappa shape index (κ2) is 4.05. The van der Waals surface area contributed by atoms with Crippen molar-refractivity contribution in [2.45, 2.75) is 25.3 Å². The van der Waals surface area contributed by atoms with Gasteiger partial charge in [-0.1, -0.05) is 5.21 Å². The lowest BCUT2D eigenvalue weighted by Gasteiger charge is -2.10. The Morgan fingerprint density at radius 2 is 2.33 bits per heavy atom. The fourth-order valence-corrected chi connectivity index (χ4v) is 2.54. The molecule has 2 aromatic heterocycles. The van der Waals surface area contributed by atoms with Crippen molar-refractivity contribution in [1.29, 1.82) is 0 Å². The minimum atomic E-state index is -0.375. The Balaban J connectivity index is 2.05. The van der Waals surface area contributed by atoms with Gasteiger partial charge in [0.15, 0.2) is 11.2 Å². The second-order valence-electron chi connectivity index (χ2n) is 4.67. The summed E-state index contributed by atoms with van der Waals surface area (Å²) in [4.78, 5) is 18.1. The van der Waals surface area contributed by atoms with Crippen LogP contribution in [0.25, 0.3) is 11.2 Å². The van der Waals surface area contributed by atoms with Crippen LogP contribution < -0.4 is 11.3 Å². The molecular formula is C10H14N6O2. The lowest BCUT2D eigenvalue weighted by molar-refractivity contribution is 0.225. The van der Waals surface area contributed by atoms with E-state index in [9.17, 15) is 4.79 Å². The topological polar surface area (TPSA) is 123 Å². The summed E-state index contributed by atoms with van der Waals surface area (Å²) in [5, 5.41) is 17.0. The van der Waals surface area contributed by atoms with E-state index in [2.05, 4.69) is 20.3 Å². The zero-order chi connectivity index (χ0) is 12.7. The van der Waals surface area contributed by atoms with E-state index in [1.54, 1.807) is 4.68 Å². The molecule has 3 rings (SSSR count). The molecule has 0 amide bonds. The number of nitrogens with zero attached hydrogens (tertiary/aromatic N) is 4. The van der Waals surface area contributed by atoms with Crippen LogP contribution in [0.4, 0.5) is 5.95 Å². The summed E-state index contributed by atoms with van der Waals surface area (Å²) in [6.07, 6.45) is 2.67. The summed E-state index contributed by atoms with van der Waals surface area (Å²) < 4.78 is 1.65. The quantitative estimate of drug-likeness (QED) is 0.656. The number of aliphatic hydroxyl groups is 1. The van der Waals surface area contributed by atoms with Crippen LogP contribution in [0.3, 0.4) is 0 Å². The first kappa shape index (κ1) is 11.1. The van der Waals surface area contributed by atoms with Crippen LogP contribution >= 0.6 is 0 Å². The zero-order valence-corrected chi connectivity index (χ0v) is 9.70. The molecule has 18 heavy (non-hydrogen) atoms. The maximum absolute atomic E-state index is 11.6. The first-order chi connectivity index (χ1) is 8.69. The van der Waals surface area contributed by atoms with Gasteiger partial charge in [0.1, 0.15) is 0 Å². The van der Waals surface area contributed by atoms with E-state index in [1.165, 1.54) is 0 Å². The Hall–Kier alpha value is -1.96. The number of H-pyrrole nitrogens is 1. The maximum Gasteiger partial charge on any atom is 0.282 e. The van der Waals surface area contributed by atoms with Gasteiger partial charge in [-0.05, 0) is 25.2 Å². The standard InChI is InChI=1S/C10H14N6O2/c11-10-12-8-7(9(18)13-10)14-15-16(8)6-2-1-5(3-6)4-17/h5-6,17H,1-4H2,(H3,11,12,13,18)/t5-,6+/m0/s1. The first-order valence-electron chi connectivity index (χ1n) is 5.90. The minimum absolute atomic E-state index is 0.0627. The molecule has 2 aromatic rings. The van der Waals surface area contributed by atoms with Gasteiger partial charge in [0.2, 0.25) is 5.95 Å². The van der Waals surface area contributed by atoms with Gasteiger partial charge in [-0.3, -0.25) is 9.78 Å². The first-order valence-corrected chi connectivity index (χ1v) is 5.90. The highest BCUT2D eigenvalue weighted by molar-refractivity contribution is 5.69. The molecule has 1 aliphatic carbocycles. The molecule has 0 aliphatic heterocycles. The molecule has 2 heterocycles. The van der Waals surface area contributed by atoms with Crippen molar-refractivity contribution in [3.05, 3.63) is 10.4 Å². The number of nitrogens with one attached hydrogen (secondary N) is 1. The smallest absolute Gasteiger partial charge is 0.282 e. The van der Waals surface area contributed by atoms with Crippen molar-refractivity contribution in [1.82, 2.24) is 25.0 Å². The predicted molar refractivity (Wildman–Crippen MR) is 63.8 cm³/mol. The van der Waals surface area contributed by atoms with Crippen LogP contribution in [0, 0.1) is 5.92 Å². The highest BCUT2D eigenvalue weighted by atomic mass is 16.3. The molecular weight excluding hydrogens is 236 g/mol. The molecule has 0 saturated heterocycles. The minimum Gasteiger partial charge on any atom is -0.396 e. The van der Waals surface area contributed by atoms with Crippen LogP contribution in [0.2, 0.25) is 0 Å². The normalized spacial score (nSPS) is 23.8. The van der Waals surface area contributed by atoms with E-state index in [-0.39, 0.29) is 35.6 Å². The lowest BCUT2D eigenvalue weighted by Crippen LogP contribution is -2.14. The van der Waals surface area contributed by atoms with E-state index in [4.69, 9.17) is 10.8 Å². The number of aromatic nitrogens is 5. The van der Waals surface area contributed by atoms with Crippen LogP contribution in [0.1, 0.15) is 25.3 Å².